The Morgan fingerprint density at radius 2 is 2.05 bits per heavy atom. The van der Waals surface area contributed by atoms with Crippen LogP contribution in [0.15, 0.2) is 24.3 Å². The Labute approximate surface area is 118 Å². The zero-order valence-corrected chi connectivity index (χ0v) is 11.9. The van der Waals surface area contributed by atoms with Crippen LogP contribution in [0.3, 0.4) is 0 Å². The third kappa shape index (κ3) is 3.47. The van der Waals surface area contributed by atoms with E-state index < -0.39 is 0 Å². The number of amides is 1. The third-order valence-corrected chi connectivity index (χ3v) is 3.77. The molecule has 2 N–H and O–H groups in total. The summed E-state index contributed by atoms with van der Waals surface area (Å²) < 4.78 is 5.34. The maximum Gasteiger partial charge on any atom is 0.227 e. The van der Waals surface area contributed by atoms with Crippen LogP contribution in [-0.2, 0) is 9.53 Å². The van der Waals surface area contributed by atoms with E-state index in [-0.39, 0.29) is 23.9 Å². The van der Waals surface area contributed by atoms with Gasteiger partial charge in [0.15, 0.2) is 0 Å². The van der Waals surface area contributed by atoms with E-state index in [4.69, 9.17) is 16.3 Å². The molecular weight excluding hydrogens is 264 g/mol. The van der Waals surface area contributed by atoms with Gasteiger partial charge in [0.2, 0.25) is 5.91 Å². The quantitative estimate of drug-likeness (QED) is 0.885. The van der Waals surface area contributed by atoms with Crippen molar-refractivity contribution >= 4 is 17.5 Å². The minimum Gasteiger partial charge on any atom is -0.379 e. The average Bonchev–Trinajstić information content (AvgIpc) is 2.87. The number of hydrogen-bond acceptors (Lipinski definition) is 3. The number of ether oxygens (including phenoxy) is 1. The van der Waals surface area contributed by atoms with Crippen LogP contribution in [0.5, 0.6) is 0 Å². The second-order valence-corrected chi connectivity index (χ2v) is 5.26. The van der Waals surface area contributed by atoms with E-state index in [1.807, 2.05) is 38.2 Å². The predicted molar refractivity (Wildman–Crippen MR) is 75.2 cm³/mol. The Morgan fingerprint density at radius 1 is 1.37 bits per heavy atom. The first-order chi connectivity index (χ1) is 9.11. The van der Waals surface area contributed by atoms with Gasteiger partial charge in [-0.25, -0.2) is 0 Å². The van der Waals surface area contributed by atoms with E-state index in [0.717, 1.165) is 5.56 Å². The molecule has 1 saturated heterocycles. The summed E-state index contributed by atoms with van der Waals surface area (Å²) in [5.41, 5.74) is 1.04. The van der Waals surface area contributed by atoms with Crippen LogP contribution in [-0.4, -0.2) is 32.2 Å². The highest BCUT2D eigenvalue weighted by atomic mass is 35.5. The van der Waals surface area contributed by atoms with E-state index in [9.17, 15) is 4.79 Å². The lowest BCUT2D eigenvalue weighted by Gasteiger charge is -2.20. The smallest absolute Gasteiger partial charge is 0.227 e. The lowest BCUT2D eigenvalue weighted by molar-refractivity contribution is -0.126. The number of carbonyl (C=O) groups is 1. The molecule has 0 saturated carbocycles. The van der Waals surface area contributed by atoms with Crippen molar-refractivity contribution in [1.82, 2.24) is 10.6 Å². The molecule has 1 heterocycles. The van der Waals surface area contributed by atoms with Gasteiger partial charge in [-0.3, -0.25) is 4.79 Å². The highest BCUT2D eigenvalue weighted by Crippen LogP contribution is 2.19. The summed E-state index contributed by atoms with van der Waals surface area (Å²) in [4.78, 5) is 12.2. The zero-order chi connectivity index (χ0) is 13.8. The van der Waals surface area contributed by atoms with E-state index in [2.05, 4.69) is 10.6 Å². The minimum absolute atomic E-state index is 0.0271. The number of likely N-dealkylation sites (N-methyl/N-ethyl adjacent to an activating group) is 1. The molecule has 1 aromatic rings. The summed E-state index contributed by atoms with van der Waals surface area (Å²) in [6, 6.07) is 7.56. The standard InChI is InChI=1S/C14H19ClN2O2/c1-9(10-3-5-11(15)6-4-10)17-14(18)12-7-19-8-13(12)16-2/h3-6,9,12-13,16H,7-8H2,1-2H3,(H,17,18)/t9-,12?,13?/m0/s1. The van der Waals surface area contributed by atoms with Gasteiger partial charge in [0, 0.05) is 11.1 Å². The summed E-state index contributed by atoms with van der Waals surface area (Å²) in [6.45, 7) is 3.03. The van der Waals surface area contributed by atoms with Crippen LogP contribution in [0.1, 0.15) is 18.5 Å². The fourth-order valence-electron chi connectivity index (χ4n) is 2.25. The van der Waals surface area contributed by atoms with E-state index in [0.29, 0.717) is 18.2 Å². The molecule has 3 atom stereocenters. The Morgan fingerprint density at radius 3 is 2.68 bits per heavy atom. The van der Waals surface area contributed by atoms with Gasteiger partial charge in [-0.05, 0) is 31.7 Å². The van der Waals surface area contributed by atoms with Crippen molar-refractivity contribution in [3.8, 4) is 0 Å². The molecule has 2 unspecified atom stereocenters. The summed E-state index contributed by atoms with van der Waals surface area (Å²) in [5.74, 6) is -0.0981. The molecule has 5 heteroatoms. The first-order valence-electron chi connectivity index (χ1n) is 6.42. The van der Waals surface area contributed by atoms with Gasteiger partial charge in [0.1, 0.15) is 0 Å². The molecule has 1 aliphatic heterocycles. The molecule has 0 aromatic heterocycles. The van der Waals surface area contributed by atoms with Gasteiger partial charge in [-0.1, -0.05) is 23.7 Å². The molecule has 19 heavy (non-hydrogen) atoms. The average molecular weight is 283 g/mol. The molecule has 1 aromatic carbocycles. The third-order valence-electron chi connectivity index (χ3n) is 3.52. The lowest BCUT2D eigenvalue weighted by atomic mass is 10.0. The first kappa shape index (κ1) is 14.3. The Balaban J connectivity index is 1.96. The van der Waals surface area contributed by atoms with Crippen molar-refractivity contribution in [1.29, 1.82) is 0 Å². The molecule has 1 fully saturated rings. The predicted octanol–water partition coefficient (Wildman–Crippen LogP) is 1.75. The molecule has 1 aliphatic rings. The molecular formula is C14H19ClN2O2. The van der Waals surface area contributed by atoms with Crippen LogP contribution >= 0.6 is 11.6 Å². The number of halogens is 1. The van der Waals surface area contributed by atoms with E-state index in [1.54, 1.807) is 0 Å². The van der Waals surface area contributed by atoms with E-state index in [1.165, 1.54) is 0 Å². The largest absolute Gasteiger partial charge is 0.379 e. The molecule has 0 aliphatic carbocycles. The van der Waals surface area contributed by atoms with Gasteiger partial charge in [-0.2, -0.15) is 0 Å². The first-order valence-corrected chi connectivity index (χ1v) is 6.80. The second-order valence-electron chi connectivity index (χ2n) is 4.82. The Kier molecular flexibility index (Phi) is 4.80. The maximum absolute atomic E-state index is 12.2. The van der Waals surface area contributed by atoms with Crippen molar-refractivity contribution in [3.63, 3.8) is 0 Å². The highest BCUT2D eigenvalue weighted by Gasteiger charge is 2.33. The van der Waals surface area contributed by atoms with Crippen LogP contribution < -0.4 is 10.6 Å². The van der Waals surface area contributed by atoms with Crippen molar-refractivity contribution in [2.45, 2.75) is 19.0 Å². The van der Waals surface area contributed by atoms with Crippen molar-refractivity contribution in [2.24, 2.45) is 5.92 Å². The fourth-order valence-corrected chi connectivity index (χ4v) is 2.38. The van der Waals surface area contributed by atoms with Crippen LogP contribution in [0.2, 0.25) is 5.02 Å². The number of rotatable bonds is 4. The monoisotopic (exact) mass is 282 g/mol. The number of nitrogens with one attached hydrogen (secondary N) is 2. The summed E-state index contributed by atoms with van der Waals surface area (Å²) >= 11 is 5.85. The molecule has 104 valence electrons. The topological polar surface area (TPSA) is 50.4 Å². The molecule has 2 rings (SSSR count). The molecule has 0 bridgehead atoms. The molecule has 4 nitrogen and oxygen atoms in total. The SMILES string of the molecule is CNC1COCC1C(=O)N[C@@H](C)c1ccc(Cl)cc1. The summed E-state index contributed by atoms with van der Waals surface area (Å²) in [5, 5.41) is 6.83. The summed E-state index contributed by atoms with van der Waals surface area (Å²) in [6.07, 6.45) is 0. The Bertz CT molecular complexity index is 436. The summed E-state index contributed by atoms with van der Waals surface area (Å²) in [7, 11) is 1.85. The van der Waals surface area contributed by atoms with Crippen molar-refractivity contribution in [2.75, 3.05) is 20.3 Å². The van der Waals surface area contributed by atoms with Crippen molar-refractivity contribution in [3.05, 3.63) is 34.9 Å². The highest BCUT2D eigenvalue weighted by molar-refractivity contribution is 6.30. The van der Waals surface area contributed by atoms with Crippen molar-refractivity contribution < 1.29 is 9.53 Å². The lowest BCUT2D eigenvalue weighted by Crippen LogP contribution is -2.43. The van der Waals surface area contributed by atoms with Gasteiger partial charge < -0.3 is 15.4 Å². The van der Waals surface area contributed by atoms with Gasteiger partial charge in [0.25, 0.3) is 0 Å². The number of hydrogen-bond donors (Lipinski definition) is 2. The minimum atomic E-state index is -0.125. The number of benzene rings is 1. The van der Waals surface area contributed by atoms with Crippen LogP contribution in [0, 0.1) is 5.92 Å². The van der Waals surface area contributed by atoms with Crippen LogP contribution in [0.25, 0.3) is 0 Å². The van der Waals surface area contributed by atoms with E-state index >= 15 is 0 Å². The number of carbonyl (C=O) groups excluding carboxylic acids is 1. The normalized spacial score (nSPS) is 24.2. The second kappa shape index (κ2) is 6.37. The van der Waals surface area contributed by atoms with Gasteiger partial charge >= 0.3 is 0 Å². The molecule has 0 radical (unpaired) electrons. The Hall–Kier alpha value is -1.10. The fraction of sp³-hybridized carbons (Fsp3) is 0.500. The molecule has 1 amide bonds. The zero-order valence-electron chi connectivity index (χ0n) is 11.2. The van der Waals surface area contributed by atoms with Gasteiger partial charge in [0.05, 0.1) is 25.2 Å². The van der Waals surface area contributed by atoms with Crippen LogP contribution in [0.4, 0.5) is 0 Å². The molecule has 0 spiro atoms. The van der Waals surface area contributed by atoms with Gasteiger partial charge in [-0.15, -0.1) is 0 Å². The maximum atomic E-state index is 12.2.